The number of hydrogen-bond donors (Lipinski definition) is 3. The summed E-state index contributed by atoms with van der Waals surface area (Å²) >= 11 is 0. The average Bonchev–Trinajstić information content (AvgIpc) is 3.70. The highest BCUT2D eigenvalue weighted by Gasteiger charge is 2.39. The standard InChI is InChI=1S/C30H34N4O2/c35-29(23-12-6-2-7-13-23)33-28(30(36)32-24-14-8-3-9-15-24)21-34-18-16-25(17-19-34)31-27-20-26(27)22-10-4-1-5-11-22/h1-15,25-28,31H,16-21H2,(H,32,36)(H,33,35)/t26-,27+,28-/m0/s1. The van der Waals surface area contributed by atoms with Gasteiger partial charge >= 0.3 is 0 Å². The third-order valence-electron chi connectivity index (χ3n) is 7.20. The molecule has 1 aliphatic heterocycles. The number of para-hydroxylation sites is 1. The number of nitrogens with zero attached hydrogens (tertiary/aromatic N) is 1. The maximum absolute atomic E-state index is 13.2. The van der Waals surface area contributed by atoms with Crippen molar-refractivity contribution in [2.45, 2.75) is 43.3 Å². The number of amides is 2. The molecule has 6 nitrogen and oxygen atoms in total. The lowest BCUT2D eigenvalue weighted by Gasteiger charge is -2.34. The number of rotatable bonds is 9. The molecule has 0 spiro atoms. The van der Waals surface area contributed by atoms with E-state index in [0.29, 0.717) is 30.1 Å². The minimum Gasteiger partial charge on any atom is -0.339 e. The van der Waals surface area contributed by atoms with E-state index in [9.17, 15) is 9.59 Å². The normalized spacial score (nSPS) is 20.9. The van der Waals surface area contributed by atoms with Crippen molar-refractivity contribution < 1.29 is 9.59 Å². The first kappa shape index (κ1) is 24.2. The van der Waals surface area contributed by atoms with E-state index in [1.54, 1.807) is 12.1 Å². The highest BCUT2D eigenvalue weighted by Crippen LogP contribution is 2.41. The summed E-state index contributed by atoms with van der Waals surface area (Å²) in [5.41, 5.74) is 2.70. The van der Waals surface area contributed by atoms with Gasteiger partial charge in [-0.3, -0.25) is 9.59 Å². The van der Waals surface area contributed by atoms with E-state index in [1.807, 2.05) is 48.5 Å². The third-order valence-corrected chi connectivity index (χ3v) is 7.20. The topological polar surface area (TPSA) is 73.5 Å². The van der Waals surface area contributed by atoms with Gasteiger partial charge in [0.25, 0.3) is 5.91 Å². The van der Waals surface area contributed by atoms with Crippen molar-refractivity contribution >= 4 is 17.5 Å². The largest absolute Gasteiger partial charge is 0.339 e. The fraction of sp³-hybridized carbons (Fsp3) is 0.333. The lowest BCUT2D eigenvalue weighted by atomic mass is 10.0. The van der Waals surface area contributed by atoms with Crippen LogP contribution in [-0.4, -0.2) is 54.5 Å². The second kappa shape index (κ2) is 11.5. The molecule has 1 saturated carbocycles. The summed E-state index contributed by atoms with van der Waals surface area (Å²) in [5.74, 6) is 0.193. The van der Waals surface area contributed by atoms with Gasteiger partial charge in [0.15, 0.2) is 0 Å². The van der Waals surface area contributed by atoms with Crippen molar-refractivity contribution in [1.82, 2.24) is 15.5 Å². The molecule has 0 radical (unpaired) electrons. The fourth-order valence-electron chi connectivity index (χ4n) is 5.07. The predicted octanol–water partition coefficient (Wildman–Crippen LogP) is 4.03. The van der Waals surface area contributed by atoms with E-state index in [0.717, 1.165) is 31.6 Å². The van der Waals surface area contributed by atoms with Gasteiger partial charge in [-0.05, 0) is 62.2 Å². The zero-order chi connectivity index (χ0) is 24.7. The summed E-state index contributed by atoms with van der Waals surface area (Å²) in [6.45, 7) is 2.29. The van der Waals surface area contributed by atoms with Crippen LogP contribution < -0.4 is 16.0 Å². The molecule has 36 heavy (non-hydrogen) atoms. The maximum Gasteiger partial charge on any atom is 0.251 e. The second-order valence-corrected chi connectivity index (χ2v) is 9.85. The molecule has 2 fully saturated rings. The maximum atomic E-state index is 13.2. The van der Waals surface area contributed by atoms with Crippen LogP contribution >= 0.6 is 0 Å². The van der Waals surface area contributed by atoms with E-state index in [4.69, 9.17) is 0 Å². The highest BCUT2D eigenvalue weighted by molar-refractivity contribution is 6.01. The lowest BCUT2D eigenvalue weighted by Crippen LogP contribution is -2.53. The molecule has 186 valence electrons. The Balaban J connectivity index is 1.16. The predicted molar refractivity (Wildman–Crippen MR) is 143 cm³/mol. The fourth-order valence-corrected chi connectivity index (χ4v) is 5.07. The summed E-state index contributed by atoms with van der Waals surface area (Å²) in [5, 5.41) is 9.78. The van der Waals surface area contributed by atoms with Gasteiger partial charge in [-0.2, -0.15) is 0 Å². The van der Waals surface area contributed by atoms with Crippen LogP contribution in [0.15, 0.2) is 91.0 Å². The molecule has 5 rings (SSSR count). The van der Waals surface area contributed by atoms with Crippen molar-refractivity contribution in [2.24, 2.45) is 0 Å². The Morgan fingerprint density at radius 2 is 1.44 bits per heavy atom. The second-order valence-electron chi connectivity index (χ2n) is 9.85. The molecular formula is C30H34N4O2. The SMILES string of the molecule is O=C(N[C@@H](CN1CCC(N[C@@H]2C[C@H]2c2ccccc2)CC1)C(=O)Nc1ccccc1)c1ccccc1. The molecule has 0 aromatic heterocycles. The van der Waals surface area contributed by atoms with Crippen LogP contribution in [0.5, 0.6) is 0 Å². The van der Waals surface area contributed by atoms with Gasteiger partial charge in [0.1, 0.15) is 6.04 Å². The van der Waals surface area contributed by atoms with Gasteiger partial charge < -0.3 is 20.9 Å². The minimum absolute atomic E-state index is 0.200. The van der Waals surface area contributed by atoms with Crippen LogP contribution in [0.4, 0.5) is 5.69 Å². The Labute approximate surface area is 213 Å². The Kier molecular flexibility index (Phi) is 7.74. The number of benzene rings is 3. The summed E-state index contributed by atoms with van der Waals surface area (Å²) < 4.78 is 0. The first-order valence-corrected chi connectivity index (χ1v) is 12.9. The van der Waals surface area contributed by atoms with Crippen molar-refractivity contribution in [3.8, 4) is 0 Å². The van der Waals surface area contributed by atoms with Crippen LogP contribution in [0.1, 0.15) is 41.1 Å². The number of hydrogen-bond acceptors (Lipinski definition) is 4. The monoisotopic (exact) mass is 482 g/mol. The molecule has 3 atom stereocenters. The number of piperidine rings is 1. The van der Waals surface area contributed by atoms with Gasteiger partial charge in [-0.25, -0.2) is 0 Å². The summed E-state index contributed by atoms with van der Waals surface area (Å²) in [4.78, 5) is 28.3. The molecule has 3 aromatic carbocycles. The molecule has 0 bridgehead atoms. The molecule has 0 unspecified atom stereocenters. The molecule has 2 amide bonds. The van der Waals surface area contributed by atoms with Crippen molar-refractivity contribution in [1.29, 1.82) is 0 Å². The average molecular weight is 483 g/mol. The van der Waals surface area contributed by atoms with E-state index in [1.165, 1.54) is 12.0 Å². The van der Waals surface area contributed by atoms with E-state index in [-0.39, 0.29) is 11.8 Å². The van der Waals surface area contributed by atoms with Crippen LogP contribution in [0.3, 0.4) is 0 Å². The van der Waals surface area contributed by atoms with Gasteiger partial charge in [-0.1, -0.05) is 66.7 Å². The number of likely N-dealkylation sites (tertiary alicyclic amines) is 1. The van der Waals surface area contributed by atoms with Crippen molar-refractivity contribution in [3.05, 3.63) is 102 Å². The molecule has 3 N–H and O–H groups in total. The van der Waals surface area contributed by atoms with Gasteiger partial charge in [0.2, 0.25) is 5.91 Å². The van der Waals surface area contributed by atoms with Crippen LogP contribution in [0.2, 0.25) is 0 Å². The van der Waals surface area contributed by atoms with E-state index in [2.05, 4.69) is 51.2 Å². The minimum atomic E-state index is -0.645. The number of carbonyl (C=O) groups excluding carboxylic acids is 2. The molecule has 6 heteroatoms. The highest BCUT2D eigenvalue weighted by atomic mass is 16.2. The van der Waals surface area contributed by atoms with Crippen LogP contribution in [0.25, 0.3) is 0 Å². The zero-order valence-electron chi connectivity index (χ0n) is 20.5. The van der Waals surface area contributed by atoms with E-state index < -0.39 is 6.04 Å². The smallest absolute Gasteiger partial charge is 0.251 e. The van der Waals surface area contributed by atoms with Gasteiger partial charge in [-0.15, -0.1) is 0 Å². The zero-order valence-corrected chi connectivity index (χ0v) is 20.5. The number of carbonyl (C=O) groups is 2. The van der Waals surface area contributed by atoms with E-state index >= 15 is 0 Å². The quantitative estimate of drug-likeness (QED) is 0.431. The first-order valence-electron chi connectivity index (χ1n) is 12.9. The first-order chi connectivity index (χ1) is 17.7. The molecule has 1 heterocycles. The van der Waals surface area contributed by atoms with Crippen molar-refractivity contribution in [2.75, 3.05) is 25.0 Å². The molecule has 2 aliphatic rings. The van der Waals surface area contributed by atoms with Gasteiger partial charge in [0.05, 0.1) is 0 Å². The molecule has 3 aromatic rings. The lowest BCUT2D eigenvalue weighted by molar-refractivity contribution is -0.118. The van der Waals surface area contributed by atoms with Gasteiger partial charge in [0, 0.05) is 35.8 Å². The Morgan fingerprint density at radius 1 is 0.833 bits per heavy atom. The Bertz CT molecular complexity index is 1130. The molecular weight excluding hydrogens is 448 g/mol. The number of nitrogens with one attached hydrogen (secondary N) is 3. The van der Waals surface area contributed by atoms with Crippen LogP contribution in [-0.2, 0) is 4.79 Å². The summed E-state index contributed by atoms with van der Waals surface area (Å²) in [7, 11) is 0. The molecule has 1 saturated heterocycles. The third kappa shape index (κ3) is 6.39. The Hall–Kier alpha value is -3.48. The summed E-state index contributed by atoms with van der Waals surface area (Å²) in [6, 6.07) is 29.6. The number of anilines is 1. The van der Waals surface area contributed by atoms with Crippen molar-refractivity contribution in [3.63, 3.8) is 0 Å². The summed E-state index contributed by atoms with van der Waals surface area (Å²) in [6.07, 6.45) is 3.28. The Morgan fingerprint density at radius 3 is 2.11 bits per heavy atom. The molecule has 1 aliphatic carbocycles. The van der Waals surface area contributed by atoms with Crippen LogP contribution in [0, 0.1) is 0 Å².